The van der Waals surface area contributed by atoms with Crippen molar-refractivity contribution in [3.8, 4) is 5.69 Å². The highest BCUT2D eigenvalue weighted by Gasteiger charge is 2.08. The zero-order valence-corrected chi connectivity index (χ0v) is 13.0. The summed E-state index contributed by atoms with van der Waals surface area (Å²) in [5, 5.41) is 9.44. The Hall–Kier alpha value is -2.67. The number of para-hydroxylation sites is 1. The van der Waals surface area contributed by atoms with Crippen molar-refractivity contribution in [3.05, 3.63) is 48.3 Å². The second kappa shape index (κ2) is 8.70. The van der Waals surface area contributed by atoms with Gasteiger partial charge in [-0.1, -0.05) is 18.2 Å². The fourth-order valence-electron chi connectivity index (χ4n) is 1.96. The number of methoxy groups -OCH3 is 1. The molecule has 1 heterocycles. The summed E-state index contributed by atoms with van der Waals surface area (Å²) >= 11 is 0. The van der Waals surface area contributed by atoms with Gasteiger partial charge in [0.2, 0.25) is 11.8 Å². The molecule has 7 nitrogen and oxygen atoms in total. The molecule has 2 rings (SSSR count). The molecule has 2 amide bonds. The molecule has 1 aromatic heterocycles. The van der Waals surface area contributed by atoms with Gasteiger partial charge in [-0.2, -0.15) is 5.10 Å². The Bertz CT molecular complexity index is 640. The van der Waals surface area contributed by atoms with Crippen LogP contribution in [0.3, 0.4) is 0 Å². The Kier molecular flexibility index (Phi) is 6.31. The van der Waals surface area contributed by atoms with E-state index in [4.69, 9.17) is 4.74 Å². The van der Waals surface area contributed by atoms with E-state index < -0.39 is 0 Å². The van der Waals surface area contributed by atoms with E-state index >= 15 is 0 Å². The molecule has 0 aliphatic carbocycles. The highest BCUT2D eigenvalue weighted by molar-refractivity contribution is 5.85. The quantitative estimate of drug-likeness (QED) is 0.686. The van der Waals surface area contributed by atoms with E-state index in [0.717, 1.165) is 11.3 Å². The third-order valence-corrected chi connectivity index (χ3v) is 3.10. The van der Waals surface area contributed by atoms with Crippen molar-refractivity contribution >= 4 is 11.8 Å². The van der Waals surface area contributed by atoms with E-state index in [2.05, 4.69) is 15.7 Å². The molecule has 0 radical (unpaired) electrons. The minimum Gasteiger partial charge on any atom is -0.383 e. The Morgan fingerprint density at radius 3 is 2.70 bits per heavy atom. The lowest BCUT2D eigenvalue weighted by atomic mass is 10.2. The van der Waals surface area contributed by atoms with Gasteiger partial charge < -0.3 is 15.4 Å². The summed E-state index contributed by atoms with van der Waals surface area (Å²) in [5.74, 6) is -0.463. The van der Waals surface area contributed by atoms with Crippen LogP contribution in [0.4, 0.5) is 0 Å². The van der Waals surface area contributed by atoms with Crippen molar-refractivity contribution in [2.75, 3.05) is 26.8 Å². The average molecular weight is 316 g/mol. The summed E-state index contributed by atoms with van der Waals surface area (Å²) in [4.78, 5) is 23.3. The molecule has 2 aromatic rings. The van der Waals surface area contributed by atoms with Crippen molar-refractivity contribution < 1.29 is 14.3 Å². The maximum Gasteiger partial charge on any atom is 0.239 e. The van der Waals surface area contributed by atoms with Crippen molar-refractivity contribution in [1.82, 2.24) is 20.4 Å². The van der Waals surface area contributed by atoms with Crippen LogP contribution in [0, 0.1) is 0 Å². The van der Waals surface area contributed by atoms with Crippen LogP contribution in [0.5, 0.6) is 0 Å². The fourth-order valence-corrected chi connectivity index (χ4v) is 1.96. The number of benzene rings is 1. The number of aromatic nitrogens is 2. The molecule has 0 saturated heterocycles. The fraction of sp³-hybridized carbons (Fsp3) is 0.312. The van der Waals surface area contributed by atoms with Gasteiger partial charge in [-0.25, -0.2) is 4.68 Å². The van der Waals surface area contributed by atoms with Crippen LogP contribution in [0.15, 0.2) is 42.7 Å². The molecule has 0 atom stereocenters. The first kappa shape index (κ1) is 16.7. The molecule has 0 aliphatic rings. The standard InChI is InChI=1S/C16H20N4O3/c1-23-8-7-17-16(22)11-18-15(21)9-13-10-19-20(12-13)14-5-3-2-4-6-14/h2-6,10,12H,7-9,11H2,1H3,(H,17,22)(H,18,21). The largest absolute Gasteiger partial charge is 0.383 e. The molecule has 23 heavy (non-hydrogen) atoms. The smallest absolute Gasteiger partial charge is 0.239 e. The highest BCUT2D eigenvalue weighted by Crippen LogP contribution is 2.07. The summed E-state index contributed by atoms with van der Waals surface area (Å²) < 4.78 is 6.53. The Morgan fingerprint density at radius 1 is 1.17 bits per heavy atom. The Balaban J connectivity index is 1.78. The molecule has 0 saturated carbocycles. The molecule has 0 unspecified atom stereocenters. The molecule has 0 bridgehead atoms. The van der Waals surface area contributed by atoms with Gasteiger partial charge in [0.25, 0.3) is 0 Å². The predicted molar refractivity (Wildman–Crippen MR) is 85.2 cm³/mol. The van der Waals surface area contributed by atoms with Crippen LogP contribution in [0.1, 0.15) is 5.56 Å². The number of hydrogen-bond acceptors (Lipinski definition) is 4. The van der Waals surface area contributed by atoms with Gasteiger partial charge in [-0.05, 0) is 17.7 Å². The molecule has 1 aromatic carbocycles. The minimum atomic E-state index is -0.240. The third-order valence-electron chi connectivity index (χ3n) is 3.10. The van der Waals surface area contributed by atoms with Gasteiger partial charge in [0, 0.05) is 19.9 Å². The van der Waals surface area contributed by atoms with Crippen molar-refractivity contribution in [2.45, 2.75) is 6.42 Å². The average Bonchev–Trinajstić information content (AvgIpc) is 3.02. The molecular weight excluding hydrogens is 296 g/mol. The van der Waals surface area contributed by atoms with E-state index in [9.17, 15) is 9.59 Å². The number of nitrogens with one attached hydrogen (secondary N) is 2. The van der Waals surface area contributed by atoms with Crippen molar-refractivity contribution in [2.24, 2.45) is 0 Å². The van der Waals surface area contributed by atoms with Crippen LogP contribution in [0.2, 0.25) is 0 Å². The first-order valence-electron chi connectivity index (χ1n) is 7.30. The lowest BCUT2D eigenvalue weighted by molar-refractivity contribution is -0.125. The van der Waals surface area contributed by atoms with E-state index in [0.29, 0.717) is 13.2 Å². The van der Waals surface area contributed by atoms with E-state index in [1.807, 2.05) is 30.3 Å². The second-order valence-electron chi connectivity index (χ2n) is 4.92. The molecule has 0 aliphatic heterocycles. The Morgan fingerprint density at radius 2 is 1.96 bits per heavy atom. The van der Waals surface area contributed by atoms with Gasteiger partial charge in [0.1, 0.15) is 0 Å². The third kappa shape index (κ3) is 5.55. The zero-order valence-electron chi connectivity index (χ0n) is 13.0. The maximum atomic E-state index is 11.8. The first-order chi connectivity index (χ1) is 11.2. The van der Waals surface area contributed by atoms with Crippen LogP contribution >= 0.6 is 0 Å². The van der Waals surface area contributed by atoms with Gasteiger partial charge in [0.05, 0.1) is 31.5 Å². The number of nitrogens with zero attached hydrogens (tertiary/aromatic N) is 2. The molecule has 0 spiro atoms. The van der Waals surface area contributed by atoms with Crippen LogP contribution in [0.25, 0.3) is 5.69 Å². The molecule has 7 heteroatoms. The van der Waals surface area contributed by atoms with Gasteiger partial charge in [-0.15, -0.1) is 0 Å². The predicted octanol–water partition coefficient (Wildman–Crippen LogP) is 0.294. The SMILES string of the molecule is COCCNC(=O)CNC(=O)Cc1cnn(-c2ccccc2)c1. The highest BCUT2D eigenvalue weighted by atomic mass is 16.5. The Labute approximate surface area is 134 Å². The van der Waals surface area contributed by atoms with E-state index in [-0.39, 0.29) is 24.8 Å². The van der Waals surface area contributed by atoms with Gasteiger partial charge in [0.15, 0.2) is 0 Å². The summed E-state index contributed by atoms with van der Waals surface area (Å²) in [7, 11) is 1.56. The maximum absolute atomic E-state index is 11.8. The minimum absolute atomic E-state index is 0.0463. The summed E-state index contributed by atoms with van der Waals surface area (Å²) in [6.07, 6.45) is 3.62. The van der Waals surface area contributed by atoms with E-state index in [1.165, 1.54) is 0 Å². The number of carbonyl (C=O) groups excluding carboxylic acids is 2. The second-order valence-corrected chi connectivity index (χ2v) is 4.92. The molecule has 122 valence electrons. The monoisotopic (exact) mass is 316 g/mol. The first-order valence-corrected chi connectivity index (χ1v) is 7.30. The number of amides is 2. The number of ether oxygens (including phenoxy) is 1. The van der Waals surface area contributed by atoms with Crippen LogP contribution in [-0.4, -0.2) is 48.4 Å². The van der Waals surface area contributed by atoms with Crippen LogP contribution in [-0.2, 0) is 20.7 Å². The van der Waals surface area contributed by atoms with Crippen molar-refractivity contribution in [3.63, 3.8) is 0 Å². The summed E-state index contributed by atoms with van der Waals surface area (Å²) in [5.41, 5.74) is 1.71. The topological polar surface area (TPSA) is 85.2 Å². The lowest BCUT2D eigenvalue weighted by Gasteiger charge is -2.05. The number of hydrogen-bond donors (Lipinski definition) is 2. The normalized spacial score (nSPS) is 10.3. The van der Waals surface area contributed by atoms with E-state index in [1.54, 1.807) is 24.2 Å². The number of rotatable bonds is 8. The summed E-state index contributed by atoms with van der Waals surface area (Å²) in [6.45, 7) is 0.822. The summed E-state index contributed by atoms with van der Waals surface area (Å²) in [6, 6.07) is 9.64. The molecular formula is C16H20N4O3. The van der Waals surface area contributed by atoms with Gasteiger partial charge >= 0.3 is 0 Å². The lowest BCUT2D eigenvalue weighted by Crippen LogP contribution is -2.38. The number of carbonyl (C=O) groups is 2. The van der Waals surface area contributed by atoms with Crippen LogP contribution < -0.4 is 10.6 Å². The molecule has 0 fully saturated rings. The van der Waals surface area contributed by atoms with Crippen molar-refractivity contribution in [1.29, 1.82) is 0 Å². The van der Waals surface area contributed by atoms with Gasteiger partial charge in [-0.3, -0.25) is 9.59 Å². The zero-order chi connectivity index (χ0) is 16.5. The molecule has 2 N–H and O–H groups in total.